The molecule has 166 valence electrons. The van der Waals surface area contributed by atoms with Crippen LogP contribution >= 0.6 is 0 Å². The Morgan fingerprint density at radius 3 is 2.56 bits per heavy atom. The number of aromatic nitrogens is 1. The van der Waals surface area contributed by atoms with Gasteiger partial charge in [-0.3, -0.25) is 20.0 Å². The van der Waals surface area contributed by atoms with Gasteiger partial charge in [0.25, 0.3) is 5.69 Å². The monoisotopic (exact) mass is 435 g/mol. The highest BCUT2D eigenvalue weighted by Gasteiger charge is 2.10. The molecule has 8 heteroatoms. The maximum Gasteiger partial charge on any atom is 0.269 e. The van der Waals surface area contributed by atoms with Crippen LogP contribution in [0.25, 0.3) is 11.1 Å². The lowest BCUT2D eigenvalue weighted by atomic mass is 10.1. The van der Waals surface area contributed by atoms with Gasteiger partial charge in [-0.15, -0.1) is 0 Å². The molecule has 3 aromatic rings. The second kappa shape index (κ2) is 10.7. The molecule has 0 radical (unpaired) electrons. The average molecular weight is 435 g/mol. The second-order valence-electron chi connectivity index (χ2n) is 7.45. The minimum atomic E-state index is -0.415. The number of rotatable bonds is 9. The predicted octanol–water partition coefficient (Wildman–Crippen LogP) is 3.95. The molecule has 32 heavy (non-hydrogen) atoms. The molecule has 2 aromatic carbocycles. The van der Waals surface area contributed by atoms with Crippen LogP contribution in [0, 0.1) is 10.1 Å². The van der Waals surface area contributed by atoms with Gasteiger partial charge in [-0.25, -0.2) is 0 Å². The van der Waals surface area contributed by atoms with Crippen LogP contribution < -0.4 is 9.47 Å². The first-order valence-corrected chi connectivity index (χ1v) is 10.5. The molecular formula is C24H25N3O5. The van der Waals surface area contributed by atoms with E-state index in [1.165, 1.54) is 12.1 Å². The zero-order valence-corrected chi connectivity index (χ0v) is 17.7. The van der Waals surface area contributed by atoms with Crippen LogP contribution in [0.15, 0.2) is 67.0 Å². The third-order valence-electron chi connectivity index (χ3n) is 5.21. The van der Waals surface area contributed by atoms with Crippen LogP contribution in [0.2, 0.25) is 0 Å². The van der Waals surface area contributed by atoms with Crippen molar-refractivity contribution >= 4 is 5.69 Å². The van der Waals surface area contributed by atoms with Gasteiger partial charge in [0.05, 0.1) is 24.3 Å². The Morgan fingerprint density at radius 1 is 0.969 bits per heavy atom. The molecule has 4 rings (SSSR count). The number of benzene rings is 2. The van der Waals surface area contributed by atoms with Crippen molar-refractivity contribution in [1.29, 1.82) is 0 Å². The van der Waals surface area contributed by atoms with Crippen molar-refractivity contribution in [3.05, 3.63) is 82.7 Å². The first-order valence-electron chi connectivity index (χ1n) is 10.5. The fourth-order valence-electron chi connectivity index (χ4n) is 3.44. The van der Waals surface area contributed by atoms with E-state index in [0.29, 0.717) is 12.4 Å². The van der Waals surface area contributed by atoms with Crippen molar-refractivity contribution in [3.8, 4) is 22.6 Å². The third-order valence-corrected chi connectivity index (χ3v) is 5.21. The summed E-state index contributed by atoms with van der Waals surface area (Å²) in [4.78, 5) is 17.1. The van der Waals surface area contributed by atoms with Crippen LogP contribution in [0.1, 0.15) is 5.56 Å². The number of hydrogen-bond donors (Lipinski definition) is 0. The van der Waals surface area contributed by atoms with Gasteiger partial charge in [0.15, 0.2) is 0 Å². The Labute approximate surface area is 186 Å². The van der Waals surface area contributed by atoms with Crippen LogP contribution in [0.5, 0.6) is 11.5 Å². The number of morpholine rings is 1. The molecule has 0 spiro atoms. The van der Waals surface area contributed by atoms with E-state index >= 15 is 0 Å². The van der Waals surface area contributed by atoms with E-state index < -0.39 is 4.92 Å². The number of hydrogen-bond acceptors (Lipinski definition) is 7. The molecule has 0 saturated carbocycles. The molecule has 1 saturated heterocycles. The van der Waals surface area contributed by atoms with Crippen LogP contribution in [-0.2, 0) is 11.3 Å². The first-order chi connectivity index (χ1) is 15.7. The normalized spacial score (nSPS) is 14.1. The molecule has 0 atom stereocenters. The molecule has 0 unspecified atom stereocenters. The van der Waals surface area contributed by atoms with Gasteiger partial charge in [0.2, 0.25) is 0 Å². The molecular weight excluding hydrogens is 410 g/mol. The molecule has 1 aliphatic rings. The number of non-ortho nitro benzene ring substituents is 1. The SMILES string of the molecule is O=[N+]([O-])c1cccc(COc2cncc(-c3ccc(OCCN4CCOCC4)cc3)c2)c1. The van der Waals surface area contributed by atoms with Crippen LogP contribution in [0.3, 0.4) is 0 Å². The van der Waals surface area contributed by atoms with E-state index in [1.807, 2.05) is 30.3 Å². The summed E-state index contributed by atoms with van der Waals surface area (Å²) < 4.78 is 17.0. The van der Waals surface area contributed by atoms with E-state index in [9.17, 15) is 10.1 Å². The predicted molar refractivity (Wildman–Crippen MR) is 120 cm³/mol. The van der Waals surface area contributed by atoms with Gasteiger partial charge < -0.3 is 14.2 Å². The highest BCUT2D eigenvalue weighted by atomic mass is 16.6. The lowest BCUT2D eigenvalue weighted by Gasteiger charge is -2.26. The summed E-state index contributed by atoms with van der Waals surface area (Å²) in [6, 6.07) is 16.2. The molecule has 0 aliphatic carbocycles. The van der Waals surface area contributed by atoms with Gasteiger partial charge >= 0.3 is 0 Å². The molecule has 0 bridgehead atoms. The summed E-state index contributed by atoms with van der Waals surface area (Å²) in [5.41, 5.74) is 2.69. The van der Waals surface area contributed by atoms with Gasteiger partial charge in [0, 0.05) is 43.5 Å². The number of nitrogens with zero attached hydrogens (tertiary/aromatic N) is 3. The van der Waals surface area contributed by atoms with Gasteiger partial charge in [-0.1, -0.05) is 24.3 Å². The average Bonchev–Trinajstić information content (AvgIpc) is 2.84. The van der Waals surface area contributed by atoms with Crippen molar-refractivity contribution in [2.24, 2.45) is 0 Å². The lowest BCUT2D eigenvalue weighted by Crippen LogP contribution is -2.38. The molecule has 1 fully saturated rings. The Bertz CT molecular complexity index is 1040. The highest BCUT2D eigenvalue weighted by molar-refractivity contribution is 5.64. The quantitative estimate of drug-likeness (QED) is 0.372. The Kier molecular flexibility index (Phi) is 7.27. The molecule has 1 aliphatic heterocycles. The maximum absolute atomic E-state index is 10.9. The molecule has 0 amide bonds. The second-order valence-corrected chi connectivity index (χ2v) is 7.45. The number of nitro groups is 1. The van der Waals surface area contributed by atoms with Gasteiger partial charge in [-0.05, 0) is 29.3 Å². The summed E-state index contributed by atoms with van der Waals surface area (Å²) in [6.45, 7) is 5.24. The first kappa shape index (κ1) is 21.7. The summed E-state index contributed by atoms with van der Waals surface area (Å²) in [6.07, 6.45) is 3.40. The molecule has 1 aromatic heterocycles. The van der Waals surface area contributed by atoms with Crippen molar-refractivity contribution in [2.75, 3.05) is 39.5 Å². The highest BCUT2D eigenvalue weighted by Crippen LogP contribution is 2.25. The fourth-order valence-corrected chi connectivity index (χ4v) is 3.44. The lowest BCUT2D eigenvalue weighted by molar-refractivity contribution is -0.384. The van der Waals surface area contributed by atoms with Crippen molar-refractivity contribution < 1.29 is 19.1 Å². The van der Waals surface area contributed by atoms with Crippen molar-refractivity contribution in [2.45, 2.75) is 6.61 Å². The van der Waals surface area contributed by atoms with E-state index in [0.717, 1.165) is 55.3 Å². The van der Waals surface area contributed by atoms with Crippen molar-refractivity contribution in [1.82, 2.24) is 9.88 Å². The maximum atomic E-state index is 10.9. The van der Waals surface area contributed by atoms with E-state index in [2.05, 4.69) is 9.88 Å². The van der Waals surface area contributed by atoms with E-state index in [4.69, 9.17) is 14.2 Å². The van der Waals surface area contributed by atoms with Gasteiger partial charge in [0.1, 0.15) is 24.7 Å². The Morgan fingerprint density at radius 2 is 1.78 bits per heavy atom. The standard InChI is InChI=1S/C24H25N3O5/c28-27(29)22-3-1-2-19(14-22)18-32-24-15-21(16-25-17-24)20-4-6-23(7-5-20)31-13-10-26-8-11-30-12-9-26/h1-7,14-17H,8-13,18H2. The number of nitro benzene ring substituents is 1. The van der Waals surface area contributed by atoms with Crippen LogP contribution in [0.4, 0.5) is 5.69 Å². The van der Waals surface area contributed by atoms with Gasteiger partial charge in [-0.2, -0.15) is 0 Å². The molecule has 8 nitrogen and oxygen atoms in total. The fraction of sp³-hybridized carbons (Fsp3) is 0.292. The molecule has 0 N–H and O–H groups in total. The topological polar surface area (TPSA) is 87.0 Å². The van der Waals surface area contributed by atoms with Crippen molar-refractivity contribution in [3.63, 3.8) is 0 Å². The summed E-state index contributed by atoms with van der Waals surface area (Å²) >= 11 is 0. The Hall–Kier alpha value is -3.49. The summed E-state index contributed by atoms with van der Waals surface area (Å²) in [5, 5.41) is 10.9. The summed E-state index contributed by atoms with van der Waals surface area (Å²) in [5.74, 6) is 1.42. The minimum absolute atomic E-state index is 0.0465. The van der Waals surface area contributed by atoms with E-state index in [1.54, 1.807) is 24.5 Å². The third kappa shape index (κ3) is 6.03. The zero-order chi connectivity index (χ0) is 22.2. The van der Waals surface area contributed by atoms with Crippen LogP contribution in [-0.4, -0.2) is 54.3 Å². The summed E-state index contributed by atoms with van der Waals surface area (Å²) in [7, 11) is 0. The Balaban J connectivity index is 1.32. The number of pyridine rings is 1. The van der Waals surface area contributed by atoms with E-state index in [-0.39, 0.29) is 12.3 Å². The largest absolute Gasteiger partial charge is 0.492 e. The minimum Gasteiger partial charge on any atom is -0.492 e. The molecule has 2 heterocycles. The smallest absolute Gasteiger partial charge is 0.269 e. The zero-order valence-electron chi connectivity index (χ0n) is 17.7. The number of ether oxygens (including phenoxy) is 3.